The molecule has 3 rings (SSSR count). The van der Waals surface area contributed by atoms with Crippen molar-refractivity contribution >= 4 is 39.7 Å². The molecule has 86 valence electrons. The molecule has 0 aliphatic carbocycles. The van der Waals surface area contributed by atoms with Crippen molar-refractivity contribution in [1.82, 2.24) is 0 Å². The lowest BCUT2D eigenvalue weighted by Crippen LogP contribution is -2.23. The minimum absolute atomic E-state index is 0.917. The van der Waals surface area contributed by atoms with Crippen molar-refractivity contribution in [3.8, 4) is 0 Å². The van der Waals surface area contributed by atoms with Crippen LogP contribution in [0.1, 0.15) is 0 Å². The Labute approximate surface area is 115 Å². The number of rotatable bonds is 1. The van der Waals surface area contributed by atoms with E-state index in [9.17, 15) is 0 Å². The molecule has 0 fully saturated rings. The molecule has 0 unspecified atom stereocenters. The van der Waals surface area contributed by atoms with E-state index in [4.69, 9.17) is 0 Å². The molecular weight excluding hydrogens is 323 g/mol. The number of hydrogen-bond acceptors (Lipinski definition) is 2. The number of anilines is 3. The summed E-state index contributed by atoms with van der Waals surface area (Å²) in [4.78, 5) is 4.61. The van der Waals surface area contributed by atoms with Gasteiger partial charge >= 0.3 is 0 Å². The van der Waals surface area contributed by atoms with Gasteiger partial charge < -0.3 is 9.80 Å². The lowest BCUT2D eigenvalue weighted by Gasteiger charge is -2.19. The predicted octanol–water partition coefficient (Wildman–Crippen LogP) is 3.84. The van der Waals surface area contributed by atoms with Gasteiger partial charge in [-0.05, 0) is 59.0 Å². The number of hydrogen-bond donors (Lipinski definition) is 0. The largest absolute Gasteiger partial charge is 0.355 e. The zero-order chi connectivity index (χ0) is 11.8. The van der Waals surface area contributed by atoms with E-state index in [1.54, 1.807) is 0 Å². The summed E-state index contributed by atoms with van der Waals surface area (Å²) in [6.45, 7) is 0.917. The van der Waals surface area contributed by atoms with E-state index >= 15 is 0 Å². The van der Waals surface area contributed by atoms with Gasteiger partial charge in [0.2, 0.25) is 0 Å². The van der Waals surface area contributed by atoms with Crippen molar-refractivity contribution in [3.63, 3.8) is 0 Å². The van der Waals surface area contributed by atoms with Crippen LogP contribution < -0.4 is 9.80 Å². The van der Waals surface area contributed by atoms with E-state index < -0.39 is 0 Å². The Kier molecular flexibility index (Phi) is 2.70. The fourth-order valence-electron chi connectivity index (χ4n) is 2.22. The molecule has 2 aromatic rings. The van der Waals surface area contributed by atoms with E-state index in [0.29, 0.717) is 0 Å². The van der Waals surface area contributed by atoms with Crippen molar-refractivity contribution in [2.24, 2.45) is 0 Å². The molecular formula is C14H13IN2. The van der Waals surface area contributed by atoms with E-state index in [1.807, 2.05) is 0 Å². The summed E-state index contributed by atoms with van der Waals surface area (Å²) >= 11 is 2.33. The van der Waals surface area contributed by atoms with Gasteiger partial charge in [0.1, 0.15) is 0 Å². The summed E-state index contributed by atoms with van der Waals surface area (Å²) < 4.78 is 1.27. The third-order valence-electron chi connectivity index (χ3n) is 3.08. The van der Waals surface area contributed by atoms with Crippen molar-refractivity contribution in [2.75, 3.05) is 23.5 Å². The van der Waals surface area contributed by atoms with Crippen LogP contribution in [-0.2, 0) is 0 Å². The first-order valence-electron chi connectivity index (χ1n) is 5.59. The zero-order valence-electron chi connectivity index (χ0n) is 9.60. The normalized spacial score (nSPS) is 14.0. The first kappa shape index (κ1) is 10.9. The van der Waals surface area contributed by atoms with Gasteiger partial charge in [0.05, 0.1) is 18.0 Å². The van der Waals surface area contributed by atoms with Crippen LogP contribution >= 0.6 is 22.6 Å². The Morgan fingerprint density at radius 2 is 1.59 bits per heavy atom. The average molecular weight is 336 g/mol. The van der Waals surface area contributed by atoms with Crippen LogP contribution in [0.4, 0.5) is 17.1 Å². The van der Waals surface area contributed by atoms with Gasteiger partial charge in [0.25, 0.3) is 0 Å². The molecule has 0 radical (unpaired) electrons. The number of halogens is 1. The first-order valence-corrected chi connectivity index (χ1v) is 6.67. The summed E-state index contributed by atoms with van der Waals surface area (Å²) in [5.74, 6) is 0. The number of fused-ring (bicyclic) bond motifs is 1. The monoisotopic (exact) mass is 336 g/mol. The molecule has 2 aromatic carbocycles. The third kappa shape index (κ3) is 1.88. The standard InChI is InChI=1S/C14H13IN2/c1-16-10-17(12-8-6-11(15)7-9-12)14-5-3-2-4-13(14)16/h2-9H,10H2,1H3. The summed E-state index contributed by atoms with van der Waals surface area (Å²) in [6.07, 6.45) is 0. The van der Waals surface area contributed by atoms with Gasteiger partial charge in [0, 0.05) is 16.3 Å². The van der Waals surface area contributed by atoms with Gasteiger partial charge in [-0.1, -0.05) is 12.1 Å². The predicted molar refractivity (Wildman–Crippen MR) is 81.0 cm³/mol. The van der Waals surface area contributed by atoms with E-state index in [0.717, 1.165) is 6.67 Å². The van der Waals surface area contributed by atoms with E-state index in [2.05, 4.69) is 88.0 Å². The van der Waals surface area contributed by atoms with Gasteiger partial charge in [-0.15, -0.1) is 0 Å². The second-order valence-electron chi connectivity index (χ2n) is 4.23. The molecule has 0 atom stereocenters. The smallest absolute Gasteiger partial charge is 0.0950 e. The molecule has 1 aliphatic heterocycles. The molecule has 0 spiro atoms. The summed E-state index contributed by atoms with van der Waals surface area (Å²) in [6, 6.07) is 17.2. The Morgan fingerprint density at radius 1 is 0.941 bits per heavy atom. The number of para-hydroxylation sites is 2. The average Bonchev–Trinajstić information content (AvgIpc) is 2.69. The lowest BCUT2D eigenvalue weighted by atomic mass is 10.2. The molecule has 1 aliphatic rings. The number of benzene rings is 2. The second-order valence-corrected chi connectivity index (χ2v) is 5.48. The highest BCUT2D eigenvalue weighted by Gasteiger charge is 2.23. The molecule has 2 nitrogen and oxygen atoms in total. The Morgan fingerprint density at radius 3 is 2.29 bits per heavy atom. The summed E-state index contributed by atoms with van der Waals surface area (Å²) in [7, 11) is 2.13. The van der Waals surface area contributed by atoms with Gasteiger partial charge in [-0.3, -0.25) is 0 Å². The minimum Gasteiger partial charge on any atom is -0.355 e. The lowest BCUT2D eigenvalue weighted by molar-refractivity contribution is 0.950. The summed E-state index contributed by atoms with van der Waals surface area (Å²) in [5.41, 5.74) is 3.84. The highest BCUT2D eigenvalue weighted by molar-refractivity contribution is 14.1. The maximum absolute atomic E-state index is 2.34. The topological polar surface area (TPSA) is 6.48 Å². The van der Waals surface area contributed by atoms with Crippen LogP contribution in [-0.4, -0.2) is 13.7 Å². The van der Waals surface area contributed by atoms with Gasteiger partial charge in [-0.2, -0.15) is 0 Å². The van der Waals surface area contributed by atoms with Crippen LogP contribution in [0.5, 0.6) is 0 Å². The molecule has 0 saturated carbocycles. The molecule has 17 heavy (non-hydrogen) atoms. The highest BCUT2D eigenvalue weighted by atomic mass is 127. The molecule has 0 saturated heterocycles. The van der Waals surface area contributed by atoms with Crippen molar-refractivity contribution in [2.45, 2.75) is 0 Å². The fourth-order valence-corrected chi connectivity index (χ4v) is 2.58. The fraction of sp³-hybridized carbons (Fsp3) is 0.143. The van der Waals surface area contributed by atoms with Crippen molar-refractivity contribution < 1.29 is 0 Å². The first-order chi connectivity index (χ1) is 8.25. The SMILES string of the molecule is CN1CN(c2ccc(I)cc2)c2ccccc21. The van der Waals surface area contributed by atoms with Crippen LogP contribution in [0.25, 0.3) is 0 Å². The molecule has 0 amide bonds. The molecule has 0 aromatic heterocycles. The van der Waals surface area contributed by atoms with Crippen LogP contribution in [0.2, 0.25) is 0 Å². The van der Waals surface area contributed by atoms with Crippen molar-refractivity contribution in [3.05, 3.63) is 52.1 Å². The Bertz CT molecular complexity index is 536. The van der Waals surface area contributed by atoms with Crippen molar-refractivity contribution in [1.29, 1.82) is 0 Å². The maximum atomic E-state index is 2.34. The summed E-state index contributed by atoms with van der Waals surface area (Å²) in [5, 5.41) is 0. The van der Waals surface area contributed by atoms with E-state index in [-0.39, 0.29) is 0 Å². The van der Waals surface area contributed by atoms with Gasteiger partial charge in [-0.25, -0.2) is 0 Å². The van der Waals surface area contributed by atoms with Crippen LogP contribution in [0.15, 0.2) is 48.5 Å². The highest BCUT2D eigenvalue weighted by Crippen LogP contribution is 2.39. The maximum Gasteiger partial charge on any atom is 0.0950 e. The molecule has 1 heterocycles. The second kappa shape index (κ2) is 4.22. The third-order valence-corrected chi connectivity index (χ3v) is 3.79. The quantitative estimate of drug-likeness (QED) is 0.730. The van der Waals surface area contributed by atoms with Gasteiger partial charge in [0.15, 0.2) is 0 Å². The van der Waals surface area contributed by atoms with E-state index in [1.165, 1.54) is 20.6 Å². The minimum atomic E-state index is 0.917. The zero-order valence-corrected chi connectivity index (χ0v) is 11.8. The molecule has 3 heteroatoms. The molecule has 0 N–H and O–H groups in total. The Balaban J connectivity index is 2.04. The van der Waals surface area contributed by atoms with Crippen LogP contribution in [0.3, 0.4) is 0 Å². The van der Waals surface area contributed by atoms with Crippen LogP contribution in [0, 0.1) is 3.57 Å². The Hall–Kier alpha value is -1.23. The molecule has 0 bridgehead atoms. The number of nitrogens with zero attached hydrogens (tertiary/aromatic N) is 2.